The van der Waals surface area contributed by atoms with Gasteiger partial charge in [-0.1, -0.05) is 17.7 Å². The van der Waals surface area contributed by atoms with Gasteiger partial charge in [-0.2, -0.15) is 5.10 Å². The highest BCUT2D eigenvalue weighted by atomic mass is 16.5. The monoisotopic (exact) mass is 397 g/mol. The normalized spacial score (nSPS) is 20.8. The minimum atomic E-state index is 0.00743. The first kappa shape index (κ1) is 20.1. The third kappa shape index (κ3) is 4.87. The topological polar surface area (TPSA) is 56.6 Å². The van der Waals surface area contributed by atoms with E-state index in [1.165, 1.54) is 12.0 Å². The molecule has 156 valence electrons. The van der Waals surface area contributed by atoms with Crippen LogP contribution in [0.2, 0.25) is 0 Å². The van der Waals surface area contributed by atoms with Gasteiger partial charge >= 0.3 is 0 Å². The summed E-state index contributed by atoms with van der Waals surface area (Å²) in [6.45, 7) is 7.01. The number of carbonyl (C=O) groups excluding carboxylic acids is 1. The summed E-state index contributed by atoms with van der Waals surface area (Å²) >= 11 is 0. The minimum Gasteiger partial charge on any atom is -0.376 e. The standard InChI is InChI=1S/C23H31N3O3/c1-17-6-8-19(9-7-17)26-18(2)15-22(24-26)23(27)25-12-10-20(11-13-25)29-16-21-5-3-4-14-28-21/h6-9,15,20-21H,3-5,10-14,16H2,1-2H3. The fourth-order valence-corrected chi connectivity index (χ4v) is 4.10. The lowest BCUT2D eigenvalue weighted by Gasteiger charge is -2.32. The Hall–Kier alpha value is -2.18. The van der Waals surface area contributed by atoms with Gasteiger partial charge in [-0.05, 0) is 64.2 Å². The zero-order chi connectivity index (χ0) is 20.2. The Morgan fingerprint density at radius 3 is 2.59 bits per heavy atom. The Kier molecular flexibility index (Phi) is 6.31. The van der Waals surface area contributed by atoms with E-state index in [2.05, 4.69) is 24.2 Å². The van der Waals surface area contributed by atoms with E-state index < -0.39 is 0 Å². The van der Waals surface area contributed by atoms with Crippen molar-refractivity contribution in [2.45, 2.75) is 58.2 Å². The second-order valence-electron chi connectivity index (χ2n) is 8.23. The molecule has 2 aliphatic heterocycles. The molecule has 1 amide bonds. The predicted molar refractivity (Wildman–Crippen MR) is 112 cm³/mol. The fourth-order valence-electron chi connectivity index (χ4n) is 4.10. The molecule has 1 aromatic heterocycles. The summed E-state index contributed by atoms with van der Waals surface area (Å²) in [5.41, 5.74) is 3.65. The lowest BCUT2D eigenvalue weighted by Crippen LogP contribution is -2.41. The highest BCUT2D eigenvalue weighted by molar-refractivity contribution is 5.92. The predicted octanol–water partition coefficient (Wildman–Crippen LogP) is 3.68. The summed E-state index contributed by atoms with van der Waals surface area (Å²) in [4.78, 5) is 14.9. The molecule has 2 aliphatic rings. The molecular formula is C23H31N3O3. The summed E-state index contributed by atoms with van der Waals surface area (Å²) in [5.74, 6) is 0.00743. The average Bonchev–Trinajstić information content (AvgIpc) is 3.15. The van der Waals surface area contributed by atoms with Crippen molar-refractivity contribution >= 4 is 5.91 Å². The number of carbonyl (C=O) groups is 1. The molecule has 0 bridgehead atoms. The number of piperidine rings is 1. The van der Waals surface area contributed by atoms with E-state index in [1.54, 1.807) is 0 Å². The van der Waals surface area contributed by atoms with Crippen LogP contribution in [0.15, 0.2) is 30.3 Å². The number of amides is 1. The third-order valence-electron chi connectivity index (χ3n) is 5.91. The Labute approximate surface area is 172 Å². The van der Waals surface area contributed by atoms with Crippen molar-refractivity contribution in [3.05, 3.63) is 47.3 Å². The molecule has 0 aliphatic carbocycles. The van der Waals surface area contributed by atoms with Crippen LogP contribution >= 0.6 is 0 Å². The summed E-state index contributed by atoms with van der Waals surface area (Å²) in [6.07, 6.45) is 5.70. The maximum Gasteiger partial charge on any atom is 0.274 e. The van der Waals surface area contributed by atoms with E-state index in [0.29, 0.717) is 25.4 Å². The first-order chi connectivity index (χ1) is 14.1. The first-order valence-electron chi connectivity index (χ1n) is 10.8. The molecule has 6 nitrogen and oxygen atoms in total. The quantitative estimate of drug-likeness (QED) is 0.772. The van der Waals surface area contributed by atoms with Crippen LogP contribution in [0.25, 0.3) is 5.69 Å². The van der Waals surface area contributed by atoms with Crippen molar-refractivity contribution < 1.29 is 14.3 Å². The van der Waals surface area contributed by atoms with Gasteiger partial charge in [0, 0.05) is 25.4 Å². The van der Waals surface area contributed by atoms with Crippen LogP contribution in [0.5, 0.6) is 0 Å². The van der Waals surface area contributed by atoms with E-state index in [0.717, 1.165) is 43.7 Å². The number of rotatable bonds is 5. The Balaban J connectivity index is 1.31. The third-order valence-corrected chi connectivity index (χ3v) is 5.91. The van der Waals surface area contributed by atoms with Crippen LogP contribution in [-0.2, 0) is 9.47 Å². The van der Waals surface area contributed by atoms with Gasteiger partial charge in [0.1, 0.15) is 0 Å². The largest absolute Gasteiger partial charge is 0.376 e. The van der Waals surface area contributed by atoms with Crippen LogP contribution in [-0.4, -0.2) is 59.1 Å². The smallest absolute Gasteiger partial charge is 0.274 e. The van der Waals surface area contributed by atoms with Gasteiger partial charge in [0.2, 0.25) is 0 Å². The van der Waals surface area contributed by atoms with Crippen LogP contribution in [0, 0.1) is 13.8 Å². The van der Waals surface area contributed by atoms with Gasteiger partial charge in [0.15, 0.2) is 5.69 Å². The van der Waals surface area contributed by atoms with E-state index in [4.69, 9.17) is 9.47 Å². The number of aryl methyl sites for hydroxylation is 2. The van der Waals surface area contributed by atoms with Gasteiger partial charge in [0.05, 0.1) is 24.5 Å². The molecule has 3 heterocycles. The molecule has 4 rings (SSSR count). The lowest BCUT2D eigenvalue weighted by atomic mass is 10.1. The molecule has 6 heteroatoms. The van der Waals surface area contributed by atoms with Gasteiger partial charge in [0.25, 0.3) is 5.91 Å². The molecule has 1 aromatic carbocycles. The van der Waals surface area contributed by atoms with Gasteiger partial charge < -0.3 is 14.4 Å². The summed E-state index contributed by atoms with van der Waals surface area (Å²) in [5, 5.41) is 4.58. The van der Waals surface area contributed by atoms with Crippen molar-refractivity contribution in [3.8, 4) is 5.69 Å². The Morgan fingerprint density at radius 1 is 1.14 bits per heavy atom. The molecule has 1 atom stereocenters. The number of ether oxygens (including phenoxy) is 2. The van der Waals surface area contributed by atoms with Crippen molar-refractivity contribution in [1.29, 1.82) is 0 Å². The number of likely N-dealkylation sites (tertiary alicyclic amines) is 1. The van der Waals surface area contributed by atoms with Crippen molar-refractivity contribution in [2.75, 3.05) is 26.3 Å². The van der Waals surface area contributed by atoms with Gasteiger partial charge in [-0.15, -0.1) is 0 Å². The van der Waals surface area contributed by atoms with Crippen LogP contribution in [0.3, 0.4) is 0 Å². The molecule has 1 unspecified atom stereocenters. The van der Waals surface area contributed by atoms with Crippen molar-refractivity contribution in [3.63, 3.8) is 0 Å². The minimum absolute atomic E-state index is 0.00743. The molecule has 0 saturated carbocycles. The van der Waals surface area contributed by atoms with Crippen molar-refractivity contribution in [2.24, 2.45) is 0 Å². The molecular weight excluding hydrogens is 366 g/mol. The molecule has 2 saturated heterocycles. The number of hydrogen-bond acceptors (Lipinski definition) is 4. The molecule has 0 radical (unpaired) electrons. The maximum absolute atomic E-state index is 13.0. The molecule has 2 fully saturated rings. The summed E-state index contributed by atoms with van der Waals surface area (Å²) in [6, 6.07) is 10.1. The molecule has 29 heavy (non-hydrogen) atoms. The highest BCUT2D eigenvalue weighted by Crippen LogP contribution is 2.20. The Morgan fingerprint density at radius 2 is 1.90 bits per heavy atom. The van der Waals surface area contributed by atoms with E-state index >= 15 is 0 Å². The number of aromatic nitrogens is 2. The number of hydrogen-bond donors (Lipinski definition) is 0. The fraction of sp³-hybridized carbons (Fsp3) is 0.565. The number of nitrogens with zero attached hydrogens (tertiary/aromatic N) is 3. The van der Waals surface area contributed by atoms with Crippen LogP contribution in [0.4, 0.5) is 0 Å². The SMILES string of the molecule is Cc1ccc(-n2nc(C(=O)N3CCC(OCC4CCCCO4)CC3)cc2C)cc1. The zero-order valence-corrected chi connectivity index (χ0v) is 17.5. The Bertz CT molecular complexity index is 816. The molecule has 2 aromatic rings. The van der Waals surface area contributed by atoms with E-state index in [-0.39, 0.29) is 18.1 Å². The second kappa shape index (κ2) is 9.09. The zero-order valence-electron chi connectivity index (χ0n) is 17.5. The lowest BCUT2D eigenvalue weighted by molar-refractivity contribution is -0.0733. The first-order valence-corrected chi connectivity index (χ1v) is 10.8. The van der Waals surface area contributed by atoms with E-state index in [1.807, 2.05) is 34.7 Å². The van der Waals surface area contributed by atoms with Gasteiger partial charge in [-0.25, -0.2) is 4.68 Å². The summed E-state index contributed by atoms with van der Waals surface area (Å²) < 4.78 is 13.6. The van der Waals surface area contributed by atoms with Gasteiger partial charge in [-0.3, -0.25) is 4.79 Å². The molecule has 0 spiro atoms. The van der Waals surface area contributed by atoms with Crippen LogP contribution in [0.1, 0.15) is 53.8 Å². The average molecular weight is 398 g/mol. The maximum atomic E-state index is 13.0. The molecule has 0 N–H and O–H groups in total. The second-order valence-corrected chi connectivity index (χ2v) is 8.23. The van der Waals surface area contributed by atoms with Crippen LogP contribution < -0.4 is 0 Å². The highest BCUT2D eigenvalue weighted by Gasteiger charge is 2.27. The van der Waals surface area contributed by atoms with Crippen molar-refractivity contribution in [1.82, 2.24) is 14.7 Å². The summed E-state index contributed by atoms with van der Waals surface area (Å²) in [7, 11) is 0. The van der Waals surface area contributed by atoms with E-state index in [9.17, 15) is 4.79 Å². The number of benzene rings is 1.